The minimum absolute atomic E-state index is 0.0308. The summed E-state index contributed by atoms with van der Waals surface area (Å²) in [5.41, 5.74) is 6.03. The number of hydrogen-bond donors (Lipinski definition) is 7. The average Bonchev–Trinajstić information content (AvgIpc) is 3.16. The van der Waals surface area contributed by atoms with E-state index in [-0.39, 0.29) is 18.8 Å². The van der Waals surface area contributed by atoms with Crippen molar-refractivity contribution in [1.82, 2.24) is 25.9 Å². The van der Waals surface area contributed by atoms with Crippen molar-refractivity contribution in [1.29, 1.82) is 0 Å². The highest BCUT2D eigenvalue weighted by molar-refractivity contribution is 5.93. The molecule has 162 valence electrons. The molecule has 0 bridgehead atoms. The highest BCUT2D eigenvalue weighted by atomic mass is 16.4. The summed E-state index contributed by atoms with van der Waals surface area (Å²) in [5.74, 6) is -3.23. The fourth-order valence-electron chi connectivity index (χ4n) is 2.45. The molecule has 0 aliphatic carbocycles. The van der Waals surface area contributed by atoms with Gasteiger partial charge in [-0.3, -0.25) is 19.2 Å². The molecule has 29 heavy (non-hydrogen) atoms. The fraction of sp³-hybridized carbons (Fsp3) is 0.588. The first-order valence-corrected chi connectivity index (χ1v) is 9.08. The van der Waals surface area contributed by atoms with E-state index in [1.54, 1.807) is 0 Å². The van der Waals surface area contributed by atoms with Crippen LogP contribution in [0, 0.1) is 5.92 Å². The molecule has 1 rings (SSSR count). The van der Waals surface area contributed by atoms with Crippen molar-refractivity contribution in [2.24, 2.45) is 11.7 Å². The number of carbonyl (C=O) groups is 4. The standard InChI is InChI=1S/C17H28N6O6/c1-9(2)3-12(22-15(27)11(18)7-24)17(29)23-13(4-10-5-19-8-21-10)16(28)20-6-14(25)26/h5,8-9,11-13,24H,3-4,6-7,18H2,1-2H3,(H,19,21)(H,20,28)(H,22,27)(H,23,29)(H,25,26). The smallest absolute Gasteiger partial charge is 0.322 e. The summed E-state index contributed by atoms with van der Waals surface area (Å²) >= 11 is 0. The largest absolute Gasteiger partial charge is 0.480 e. The fourth-order valence-corrected chi connectivity index (χ4v) is 2.45. The molecule has 0 saturated heterocycles. The number of nitrogens with zero attached hydrogens (tertiary/aromatic N) is 1. The lowest BCUT2D eigenvalue weighted by Gasteiger charge is -2.24. The summed E-state index contributed by atoms with van der Waals surface area (Å²) in [6.07, 6.45) is 3.18. The number of carboxylic acid groups (broad SMARTS) is 1. The lowest BCUT2D eigenvalue weighted by atomic mass is 10.0. The molecule has 3 unspecified atom stereocenters. The Morgan fingerprint density at radius 1 is 1.14 bits per heavy atom. The van der Waals surface area contributed by atoms with Crippen molar-refractivity contribution in [2.45, 2.75) is 44.8 Å². The second kappa shape index (κ2) is 11.8. The Bertz CT molecular complexity index is 693. The molecule has 1 heterocycles. The Labute approximate surface area is 167 Å². The summed E-state index contributed by atoms with van der Waals surface area (Å²) in [4.78, 5) is 54.5. The summed E-state index contributed by atoms with van der Waals surface area (Å²) in [7, 11) is 0. The summed E-state index contributed by atoms with van der Waals surface area (Å²) in [6, 6.07) is -3.27. The zero-order valence-corrected chi connectivity index (χ0v) is 16.3. The maximum Gasteiger partial charge on any atom is 0.322 e. The van der Waals surface area contributed by atoms with Crippen LogP contribution in [0.4, 0.5) is 0 Å². The van der Waals surface area contributed by atoms with E-state index in [1.807, 2.05) is 13.8 Å². The molecule has 0 saturated carbocycles. The van der Waals surface area contributed by atoms with Crippen molar-refractivity contribution < 1.29 is 29.4 Å². The highest BCUT2D eigenvalue weighted by Gasteiger charge is 2.29. The number of carboxylic acids is 1. The number of carbonyl (C=O) groups excluding carboxylic acids is 3. The van der Waals surface area contributed by atoms with E-state index in [0.717, 1.165) is 0 Å². The predicted molar refractivity (Wildman–Crippen MR) is 101 cm³/mol. The molecule has 0 aliphatic rings. The number of aromatic amines is 1. The van der Waals surface area contributed by atoms with Crippen molar-refractivity contribution in [2.75, 3.05) is 13.2 Å². The quantitative estimate of drug-likeness (QED) is 0.195. The second-order valence-electron chi connectivity index (χ2n) is 6.93. The third-order valence-corrected chi connectivity index (χ3v) is 3.90. The topological polar surface area (TPSA) is 200 Å². The van der Waals surface area contributed by atoms with E-state index >= 15 is 0 Å². The molecule has 0 spiro atoms. The Hall–Kier alpha value is -2.99. The van der Waals surface area contributed by atoms with Crippen molar-refractivity contribution in [3.05, 3.63) is 18.2 Å². The van der Waals surface area contributed by atoms with Crippen molar-refractivity contribution >= 4 is 23.7 Å². The first kappa shape index (κ1) is 24.0. The molecular weight excluding hydrogens is 384 g/mol. The number of hydrogen-bond acceptors (Lipinski definition) is 7. The molecule has 0 fully saturated rings. The van der Waals surface area contributed by atoms with E-state index in [2.05, 4.69) is 25.9 Å². The average molecular weight is 412 g/mol. The molecule has 0 aromatic carbocycles. The first-order chi connectivity index (χ1) is 13.6. The number of aliphatic carboxylic acids is 1. The van der Waals surface area contributed by atoms with Crippen molar-refractivity contribution in [3.63, 3.8) is 0 Å². The van der Waals surface area contributed by atoms with Gasteiger partial charge in [-0.1, -0.05) is 13.8 Å². The van der Waals surface area contributed by atoms with Crippen LogP contribution in [-0.4, -0.2) is 75.1 Å². The van der Waals surface area contributed by atoms with Crippen LogP contribution < -0.4 is 21.7 Å². The molecular formula is C17H28N6O6. The van der Waals surface area contributed by atoms with E-state index < -0.39 is 55.0 Å². The van der Waals surface area contributed by atoms with Crippen LogP contribution in [-0.2, 0) is 25.6 Å². The molecule has 1 aromatic rings. The van der Waals surface area contributed by atoms with Gasteiger partial charge in [0.25, 0.3) is 0 Å². The normalized spacial score (nSPS) is 14.0. The third kappa shape index (κ3) is 8.70. The Kier molecular flexibility index (Phi) is 9.75. The Morgan fingerprint density at radius 3 is 2.31 bits per heavy atom. The van der Waals surface area contributed by atoms with Gasteiger partial charge in [0.15, 0.2) is 0 Å². The minimum atomic E-state index is -1.23. The van der Waals surface area contributed by atoms with Gasteiger partial charge in [0, 0.05) is 18.3 Å². The molecule has 0 radical (unpaired) electrons. The number of nitrogens with two attached hydrogens (primary N) is 1. The van der Waals surface area contributed by atoms with E-state index in [1.165, 1.54) is 12.5 Å². The van der Waals surface area contributed by atoms with Gasteiger partial charge in [0.05, 0.1) is 12.9 Å². The number of aliphatic hydroxyl groups excluding tert-OH is 1. The zero-order valence-electron chi connectivity index (χ0n) is 16.3. The summed E-state index contributed by atoms with van der Waals surface area (Å²) < 4.78 is 0. The van der Waals surface area contributed by atoms with Crippen LogP contribution in [0.25, 0.3) is 0 Å². The number of rotatable bonds is 12. The number of H-pyrrole nitrogens is 1. The first-order valence-electron chi connectivity index (χ1n) is 9.08. The highest BCUT2D eigenvalue weighted by Crippen LogP contribution is 2.07. The minimum Gasteiger partial charge on any atom is -0.480 e. The number of aromatic nitrogens is 2. The lowest BCUT2D eigenvalue weighted by Crippen LogP contribution is -2.57. The lowest BCUT2D eigenvalue weighted by molar-refractivity contribution is -0.138. The molecule has 8 N–H and O–H groups in total. The van der Waals surface area contributed by atoms with Gasteiger partial charge in [0.2, 0.25) is 17.7 Å². The number of amides is 3. The molecule has 3 amide bonds. The zero-order chi connectivity index (χ0) is 22.0. The number of imidazole rings is 1. The third-order valence-electron chi connectivity index (χ3n) is 3.90. The summed E-state index contributed by atoms with van der Waals surface area (Å²) in [5, 5.41) is 25.0. The van der Waals surface area contributed by atoms with E-state index in [9.17, 15) is 19.2 Å². The van der Waals surface area contributed by atoms with E-state index in [4.69, 9.17) is 15.9 Å². The molecule has 0 aliphatic heterocycles. The molecule has 3 atom stereocenters. The van der Waals surface area contributed by atoms with Crippen LogP contribution in [0.1, 0.15) is 26.0 Å². The van der Waals surface area contributed by atoms with E-state index in [0.29, 0.717) is 5.69 Å². The predicted octanol–water partition coefficient (Wildman–Crippen LogP) is -2.51. The van der Waals surface area contributed by atoms with Crippen LogP contribution in [0.3, 0.4) is 0 Å². The van der Waals surface area contributed by atoms with Gasteiger partial charge >= 0.3 is 5.97 Å². The van der Waals surface area contributed by atoms with Gasteiger partial charge in [-0.15, -0.1) is 0 Å². The van der Waals surface area contributed by atoms with Crippen LogP contribution >= 0.6 is 0 Å². The molecule has 12 heteroatoms. The molecule has 1 aromatic heterocycles. The Morgan fingerprint density at radius 2 is 1.79 bits per heavy atom. The van der Waals surface area contributed by atoms with Crippen LogP contribution in [0.5, 0.6) is 0 Å². The Balaban J connectivity index is 2.92. The number of aliphatic hydroxyl groups is 1. The SMILES string of the molecule is CC(C)CC(NC(=O)C(N)CO)C(=O)NC(Cc1cnc[nH]1)C(=O)NCC(=O)O. The second-order valence-corrected chi connectivity index (χ2v) is 6.93. The molecule has 12 nitrogen and oxygen atoms in total. The maximum atomic E-state index is 12.8. The monoisotopic (exact) mass is 412 g/mol. The number of nitrogens with one attached hydrogen (secondary N) is 4. The van der Waals surface area contributed by atoms with Gasteiger partial charge in [-0.2, -0.15) is 0 Å². The summed E-state index contributed by atoms with van der Waals surface area (Å²) in [6.45, 7) is 2.51. The van der Waals surface area contributed by atoms with Crippen molar-refractivity contribution in [3.8, 4) is 0 Å². The maximum absolute atomic E-state index is 12.8. The van der Waals surface area contributed by atoms with Gasteiger partial charge in [-0.25, -0.2) is 4.98 Å². The van der Waals surface area contributed by atoms with Crippen LogP contribution in [0.15, 0.2) is 12.5 Å². The van der Waals surface area contributed by atoms with Crippen LogP contribution in [0.2, 0.25) is 0 Å². The van der Waals surface area contributed by atoms with Gasteiger partial charge < -0.3 is 36.9 Å². The van der Waals surface area contributed by atoms with Gasteiger partial charge in [0.1, 0.15) is 24.7 Å². The van der Waals surface area contributed by atoms with Gasteiger partial charge in [-0.05, 0) is 12.3 Å².